The lowest BCUT2D eigenvalue weighted by atomic mass is 10.0. The highest BCUT2D eigenvalue weighted by molar-refractivity contribution is 7.87. The van der Waals surface area contributed by atoms with Crippen molar-refractivity contribution in [1.29, 1.82) is 0 Å². The van der Waals surface area contributed by atoms with Gasteiger partial charge in [-0.25, -0.2) is 0 Å². The van der Waals surface area contributed by atoms with Gasteiger partial charge in [0.1, 0.15) is 6.61 Å². The van der Waals surface area contributed by atoms with E-state index in [1.807, 2.05) is 0 Å². The van der Waals surface area contributed by atoms with E-state index in [-0.39, 0.29) is 32.2 Å². The van der Waals surface area contributed by atoms with Crippen molar-refractivity contribution in [2.24, 2.45) is 5.92 Å². The summed E-state index contributed by atoms with van der Waals surface area (Å²) in [4.78, 5) is 0. The molecule has 1 fully saturated rings. The van der Waals surface area contributed by atoms with Crippen LogP contribution in [0.5, 0.6) is 0 Å². The summed E-state index contributed by atoms with van der Waals surface area (Å²) in [6, 6.07) is 0. The number of hydrogen-bond donors (Lipinski definition) is 2. The predicted octanol–water partition coefficient (Wildman–Crippen LogP) is 0.104. The molecule has 1 atom stereocenters. The summed E-state index contributed by atoms with van der Waals surface area (Å²) >= 11 is 0. The molecule has 1 rings (SSSR count). The minimum atomic E-state index is -4.42. The van der Waals surface area contributed by atoms with E-state index in [0.29, 0.717) is 13.0 Å². The molecule has 0 saturated carbocycles. The number of alkyl halides is 3. The molecule has 0 aromatic rings. The molecule has 120 valence electrons. The summed E-state index contributed by atoms with van der Waals surface area (Å²) in [6.45, 7) is -1.50. The Balaban J connectivity index is 2.31. The lowest BCUT2D eigenvalue weighted by molar-refractivity contribution is -0.173. The molecule has 0 aromatic carbocycles. The molecule has 2 N–H and O–H groups in total. The van der Waals surface area contributed by atoms with Crippen molar-refractivity contribution < 1.29 is 31.4 Å². The van der Waals surface area contributed by atoms with Gasteiger partial charge in [0.2, 0.25) is 0 Å². The SMILES string of the molecule is O=S(=O)(NCCOCC(F)(F)F)N1CCCC(CO)C1. The molecule has 1 saturated heterocycles. The Morgan fingerprint density at radius 1 is 1.40 bits per heavy atom. The molecule has 0 aromatic heterocycles. The van der Waals surface area contributed by atoms with E-state index in [1.54, 1.807) is 0 Å². The molecule has 0 amide bonds. The highest BCUT2D eigenvalue weighted by Crippen LogP contribution is 2.18. The monoisotopic (exact) mass is 320 g/mol. The van der Waals surface area contributed by atoms with Crippen molar-refractivity contribution in [2.45, 2.75) is 19.0 Å². The minimum absolute atomic E-state index is 0.0826. The lowest BCUT2D eigenvalue weighted by Gasteiger charge is -2.30. The van der Waals surface area contributed by atoms with Crippen molar-refractivity contribution in [3.05, 3.63) is 0 Å². The Hall–Kier alpha value is -0.420. The summed E-state index contributed by atoms with van der Waals surface area (Å²) < 4.78 is 66.8. The molecule has 1 heterocycles. The molecule has 1 unspecified atom stereocenters. The zero-order valence-electron chi connectivity index (χ0n) is 10.9. The van der Waals surface area contributed by atoms with Crippen molar-refractivity contribution in [1.82, 2.24) is 9.03 Å². The van der Waals surface area contributed by atoms with Crippen molar-refractivity contribution in [3.8, 4) is 0 Å². The number of aliphatic hydroxyl groups excluding tert-OH is 1. The highest BCUT2D eigenvalue weighted by atomic mass is 32.2. The van der Waals surface area contributed by atoms with Crippen LogP contribution in [0.2, 0.25) is 0 Å². The van der Waals surface area contributed by atoms with Crippen LogP contribution < -0.4 is 4.72 Å². The molecule has 1 aliphatic heterocycles. The van der Waals surface area contributed by atoms with Crippen LogP contribution in [0.3, 0.4) is 0 Å². The van der Waals surface area contributed by atoms with Crippen LogP contribution in [-0.2, 0) is 14.9 Å². The first-order chi connectivity index (χ1) is 9.24. The number of halogens is 3. The minimum Gasteiger partial charge on any atom is -0.396 e. The molecule has 20 heavy (non-hydrogen) atoms. The summed E-state index contributed by atoms with van der Waals surface area (Å²) in [7, 11) is -3.73. The highest BCUT2D eigenvalue weighted by Gasteiger charge is 2.29. The van der Waals surface area contributed by atoms with Gasteiger partial charge in [-0.15, -0.1) is 0 Å². The third-order valence-corrected chi connectivity index (χ3v) is 4.46. The van der Waals surface area contributed by atoms with Crippen LogP contribution in [-0.4, -0.2) is 63.5 Å². The van der Waals surface area contributed by atoms with Gasteiger partial charge in [0.25, 0.3) is 10.2 Å². The average molecular weight is 320 g/mol. The maximum Gasteiger partial charge on any atom is 0.411 e. The summed E-state index contributed by atoms with van der Waals surface area (Å²) in [5.74, 6) is -0.0956. The van der Waals surface area contributed by atoms with Gasteiger partial charge >= 0.3 is 6.18 Å². The predicted molar refractivity (Wildman–Crippen MR) is 65.2 cm³/mol. The van der Waals surface area contributed by atoms with Crippen LogP contribution in [0.25, 0.3) is 0 Å². The first-order valence-corrected chi connectivity index (χ1v) is 7.68. The van der Waals surface area contributed by atoms with Crippen LogP contribution in [0, 0.1) is 5.92 Å². The topological polar surface area (TPSA) is 78.9 Å². The van der Waals surface area contributed by atoms with Gasteiger partial charge in [-0.1, -0.05) is 0 Å². The Bertz CT molecular complexity index is 388. The van der Waals surface area contributed by atoms with E-state index in [2.05, 4.69) is 9.46 Å². The number of rotatable bonds is 7. The Morgan fingerprint density at radius 3 is 2.70 bits per heavy atom. The molecule has 6 nitrogen and oxygen atoms in total. The van der Waals surface area contributed by atoms with Crippen molar-refractivity contribution >= 4 is 10.2 Å². The second-order valence-corrected chi connectivity index (χ2v) is 6.37. The third-order valence-electron chi connectivity index (χ3n) is 2.88. The van der Waals surface area contributed by atoms with Crippen LogP contribution in [0.15, 0.2) is 0 Å². The van der Waals surface area contributed by atoms with E-state index >= 15 is 0 Å². The maximum atomic E-state index is 11.9. The largest absolute Gasteiger partial charge is 0.411 e. The number of ether oxygens (including phenoxy) is 1. The third kappa shape index (κ3) is 6.35. The number of aliphatic hydroxyl groups is 1. The average Bonchev–Trinajstić information content (AvgIpc) is 2.37. The molecule has 1 aliphatic rings. The zero-order valence-corrected chi connectivity index (χ0v) is 11.7. The smallest absolute Gasteiger partial charge is 0.396 e. The number of piperidine rings is 1. The first-order valence-electron chi connectivity index (χ1n) is 6.24. The lowest BCUT2D eigenvalue weighted by Crippen LogP contribution is -2.47. The molecule has 0 spiro atoms. The fraction of sp³-hybridized carbons (Fsp3) is 1.00. The van der Waals surface area contributed by atoms with Gasteiger partial charge in [0.05, 0.1) is 6.61 Å². The quantitative estimate of drug-likeness (QED) is 0.652. The number of hydrogen-bond acceptors (Lipinski definition) is 4. The van der Waals surface area contributed by atoms with Crippen LogP contribution >= 0.6 is 0 Å². The zero-order chi connectivity index (χ0) is 15.2. The van der Waals surface area contributed by atoms with Gasteiger partial charge in [-0.05, 0) is 18.8 Å². The summed E-state index contributed by atoms with van der Waals surface area (Å²) in [5.41, 5.74) is 0. The molecule has 0 bridgehead atoms. The summed E-state index contributed by atoms with van der Waals surface area (Å²) in [6.07, 6.45) is -3.01. The second kappa shape index (κ2) is 7.55. The normalized spacial score (nSPS) is 22.1. The van der Waals surface area contributed by atoms with Crippen LogP contribution in [0.4, 0.5) is 13.2 Å². The Labute approximate surface area is 116 Å². The molecular formula is C10H19F3N2O4S. The van der Waals surface area contributed by atoms with E-state index in [0.717, 1.165) is 6.42 Å². The summed E-state index contributed by atoms with van der Waals surface area (Å²) in [5, 5.41) is 9.03. The van der Waals surface area contributed by atoms with Gasteiger partial charge in [0.15, 0.2) is 0 Å². The first kappa shape index (κ1) is 17.6. The second-order valence-electron chi connectivity index (χ2n) is 4.62. The van der Waals surface area contributed by atoms with Crippen molar-refractivity contribution in [2.75, 3.05) is 39.5 Å². The van der Waals surface area contributed by atoms with Gasteiger partial charge in [-0.2, -0.15) is 30.6 Å². The van der Waals surface area contributed by atoms with E-state index in [4.69, 9.17) is 5.11 Å². The van der Waals surface area contributed by atoms with Gasteiger partial charge < -0.3 is 9.84 Å². The van der Waals surface area contributed by atoms with E-state index < -0.39 is 23.0 Å². The molecule has 0 aliphatic carbocycles. The fourth-order valence-electron chi connectivity index (χ4n) is 1.92. The Kier molecular flexibility index (Phi) is 6.65. The fourth-order valence-corrected chi connectivity index (χ4v) is 3.22. The van der Waals surface area contributed by atoms with Gasteiger partial charge in [0, 0.05) is 26.2 Å². The standard InChI is InChI=1S/C10H19F3N2O4S/c11-10(12,13)8-19-5-3-14-20(17,18)15-4-1-2-9(6-15)7-16/h9,14,16H,1-8H2. The molecule has 0 radical (unpaired) electrons. The van der Waals surface area contributed by atoms with Gasteiger partial charge in [-0.3, -0.25) is 0 Å². The van der Waals surface area contributed by atoms with E-state index in [9.17, 15) is 21.6 Å². The Morgan fingerprint density at radius 2 is 2.10 bits per heavy atom. The van der Waals surface area contributed by atoms with Crippen molar-refractivity contribution in [3.63, 3.8) is 0 Å². The van der Waals surface area contributed by atoms with Crippen LogP contribution in [0.1, 0.15) is 12.8 Å². The van der Waals surface area contributed by atoms with E-state index in [1.165, 1.54) is 4.31 Å². The number of nitrogens with one attached hydrogen (secondary N) is 1. The number of nitrogens with zero attached hydrogens (tertiary/aromatic N) is 1. The molecule has 10 heteroatoms. The maximum absolute atomic E-state index is 11.9. The molecular weight excluding hydrogens is 301 g/mol.